The first-order valence-electron chi connectivity index (χ1n) is 10.6. The first-order valence-corrected chi connectivity index (χ1v) is 11.4. The van der Waals surface area contributed by atoms with Gasteiger partial charge in [0.25, 0.3) is 0 Å². The minimum Gasteiger partial charge on any atom is -0.478 e. The molecular formula is C26H33BrN4O4. The van der Waals surface area contributed by atoms with E-state index >= 15 is 0 Å². The third-order valence-corrected chi connectivity index (χ3v) is 4.96. The van der Waals surface area contributed by atoms with Crippen LogP contribution in [0.3, 0.4) is 0 Å². The molecule has 0 bridgehead atoms. The fourth-order valence-electron chi connectivity index (χ4n) is 2.78. The van der Waals surface area contributed by atoms with Gasteiger partial charge in [-0.3, -0.25) is 4.79 Å². The van der Waals surface area contributed by atoms with E-state index in [9.17, 15) is 4.79 Å². The van der Waals surface area contributed by atoms with Crippen molar-refractivity contribution in [1.82, 2.24) is 5.32 Å². The SMILES string of the molecule is C=C/C=C(C=O)\C=C(/C)OCNc1ccccc1N=N.CNC1C=CCC(Br)=CC1C#CO.CO. The summed E-state index contributed by atoms with van der Waals surface area (Å²) in [6.07, 6.45) is 14.5. The van der Waals surface area contributed by atoms with Crippen LogP contribution < -0.4 is 10.6 Å². The highest BCUT2D eigenvalue weighted by molar-refractivity contribution is 9.11. The Balaban J connectivity index is 0.000000665. The van der Waals surface area contributed by atoms with Crippen LogP contribution in [0.4, 0.5) is 11.4 Å². The van der Waals surface area contributed by atoms with Gasteiger partial charge in [0.1, 0.15) is 18.1 Å². The molecule has 1 aliphatic carbocycles. The van der Waals surface area contributed by atoms with Crippen LogP contribution >= 0.6 is 15.9 Å². The number of rotatable bonds is 9. The number of hydrogen-bond acceptors (Lipinski definition) is 8. The van der Waals surface area contributed by atoms with Gasteiger partial charge in [0.05, 0.1) is 17.4 Å². The lowest BCUT2D eigenvalue weighted by Crippen LogP contribution is -2.29. The van der Waals surface area contributed by atoms with Crippen LogP contribution in [0, 0.1) is 23.5 Å². The summed E-state index contributed by atoms with van der Waals surface area (Å²) < 4.78 is 6.54. The molecule has 9 heteroatoms. The molecule has 0 radical (unpaired) electrons. The number of benzene rings is 1. The predicted octanol–water partition coefficient (Wildman–Crippen LogP) is 5.32. The van der Waals surface area contributed by atoms with Crippen molar-refractivity contribution < 1.29 is 19.7 Å². The molecule has 2 unspecified atom stereocenters. The molecule has 5 N–H and O–H groups in total. The Morgan fingerprint density at radius 3 is 2.71 bits per heavy atom. The van der Waals surface area contributed by atoms with Crippen molar-refractivity contribution in [2.24, 2.45) is 11.0 Å². The van der Waals surface area contributed by atoms with Crippen molar-refractivity contribution in [3.05, 3.63) is 83.1 Å². The maximum absolute atomic E-state index is 10.7. The largest absolute Gasteiger partial charge is 0.478 e. The molecule has 0 saturated heterocycles. The van der Waals surface area contributed by atoms with Crippen LogP contribution in [0.5, 0.6) is 0 Å². The molecule has 35 heavy (non-hydrogen) atoms. The fraction of sp³-hybridized carbons (Fsp3) is 0.269. The molecular weight excluding hydrogens is 512 g/mol. The number of nitrogens with one attached hydrogen (secondary N) is 3. The third kappa shape index (κ3) is 13.1. The summed E-state index contributed by atoms with van der Waals surface area (Å²) in [5.41, 5.74) is 8.79. The van der Waals surface area contributed by atoms with E-state index in [-0.39, 0.29) is 18.7 Å². The normalized spacial score (nSPS) is 16.9. The van der Waals surface area contributed by atoms with E-state index in [2.05, 4.69) is 56.3 Å². The second-order valence-corrected chi connectivity index (χ2v) is 7.73. The second kappa shape index (κ2) is 20.0. The number of nitrogens with zero attached hydrogens (tertiary/aromatic N) is 1. The van der Waals surface area contributed by atoms with E-state index in [0.717, 1.165) is 24.3 Å². The molecule has 0 spiro atoms. The molecule has 8 nitrogen and oxygen atoms in total. The number of hydrogen-bond donors (Lipinski definition) is 5. The van der Waals surface area contributed by atoms with Gasteiger partial charge in [-0.1, -0.05) is 70.9 Å². The number of ether oxygens (including phenoxy) is 1. The summed E-state index contributed by atoms with van der Waals surface area (Å²) >= 11 is 3.44. The topological polar surface area (TPSA) is 127 Å². The molecule has 0 heterocycles. The van der Waals surface area contributed by atoms with Gasteiger partial charge in [-0.2, -0.15) is 5.11 Å². The summed E-state index contributed by atoms with van der Waals surface area (Å²) in [7, 11) is 2.88. The minimum atomic E-state index is 0.0307. The van der Waals surface area contributed by atoms with Crippen molar-refractivity contribution in [3.63, 3.8) is 0 Å². The number of carbonyl (C=O) groups excluding carboxylic acids is 1. The van der Waals surface area contributed by atoms with Crippen molar-refractivity contribution in [1.29, 1.82) is 5.53 Å². The zero-order chi connectivity index (χ0) is 26.5. The number of allylic oxidation sites excluding steroid dienone is 7. The molecule has 0 amide bonds. The lowest BCUT2D eigenvalue weighted by Gasteiger charge is -2.14. The van der Waals surface area contributed by atoms with Gasteiger partial charge < -0.3 is 25.6 Å². The zero-order valence-corrected chi connectivity index (χ0v) is 21.7. The number of anilines is 1. The Labute approximate surface area is 215 Å². The van der Waals surface area contributed by atoms with Crippen LogP contribution in [0.25, 0.3) is 0 Å². The smallest absolute Gasteiger partial charge is 0.158 e. The van der Waals surface area contributed by atoms with E-state index in [1.54, 1.807) is 31.2 Å². The van der Waals surface area contributed by atoms with E-state index in [0.29, 0.717) is 22.7 Å². The Morgan fingerprint density at radius 1 is 1.40 bits per heavy atom. The van der Waals surface area contributed by atoms with Crippen molar-refractivity contribution in [2.75, 3.05) is 26.2 Å². The number of aliphatic hydroxyl groups excluding tert-OH is 2. The summed E-state index contributed by atoms with van der Waals surface area (Å²) in [4.78, 5) is 10.7. The molecule has 0 aliphatic heterocycles. The zero-order valence-electron chi connectivity index (χ0n) is 20.2. The molecule has 2 rings (SSSR count). The molecule has 1 aromatic carbocycles. The number of aldehydes is 1. The molecule has 188 valence electrons. The molecule has 0 aromatic heterocycles. The lowest BCUT2D eigenvalue weighted by molar-refractivity contribution is -0.104. The third-order valence-electron chi connectivity index (χ3n) is 4.37. The van der Waals surface area contributed by atoms with Gasteiger partial charge in [0.15, 0.2) is 6.73 Å². The number of carbonyl (C=O) groups is 1. The maximum Gasteiger partial charge on any atom is 0.158 e. The highest BCUT2D eigenvalue weighted by Crippen LogP contribution is 2.23. The van der Waals surface area contributed by atoms with Crippen molar-refractivity contribution in [2.45, 2.75) is 19.4 Å². The van der Waals surface area contributed by atoms with Gasteiger partial charge in [0.2, 0.25) is 0 Å². The maximum atomic E-state index is 10.7. The minimum absolute atomic E-state index is 0.0307. The van der Waals surface area contributed by atoms with Crippen LogP contribution in [0.2, 0.25) is 0 Å². The Hall–Kier alpha value is -3.45. The Morgan fingerprint density at radius 2 is 2.11 bits per heavy atom. The van der Waals surface area contributed by atoms with Gasteiger partial charge >= 0.3 is 0 Å². The van der Waals surface area contributed by atoms with Crippen molar-refractivity contribution in [3.8, 4) is 12.0 Å². The fourth-order valence-corrected chi connectivity index (χ4v) is 3.25. The van der Waals surface area contributed by atoms with Crippen LogP contribution in [0.15, 0.2) is 88.2 Å². The van der Waals surface area contributed by atoms with E-state index in [1.807, 2.05) is 31.4 Å². The van der Waals surface area contributed by atoms with E-state index in [4.69, 9.17) is 20.5 Å². The monoisotopic (exact) mass is 544 g/mol. The highest BCUT2D eigenvalue weighted by atomic mass is 79.9. The first kappa shape index (κ1) is 31.6. The number of aliphatic hydroxyl groups is 2. The molecule has 1 aliphatic rings. The average molecular weight is 545 g/mol. The second-order valence-electron chi connectivity index (χ2n) is 6.71. The van der Waals surface area contributed by atoms with E-state index < -0.39 is 0 Å². The Bertz CT molecular complexity index is 991. The van der Waals surface area contributed by atoms with Crippen molar-refractivity contribution >= 4 is 33.6 Å². The Kier molecular flexibility index (Phi) is 18.0. The van der Waals surface area contributed by atoms with E-state index in [1.165, 1.54) is 6.08 Å². The summed E-state index contributed by atoms with van der Waals surface area (Å²) in [5, 5.41) is 25.1. The van der Waals surface area contributed by atoms with Crippen LogP contribution in [-0.2, 0) is 9.53 Å². The van der Waals surface area contributed by atoms with Crippen LogP contribution in [0.1, 0.15) is 13.3 Å². The summed E-state index contributed by atoms with van der Waals surface area (Å²) in [6.45, 7) is 5.50. The molecule has 0 saturated carbocycles. The highest BCUT2D eigenvalue weighted by Gasteiger charge is 2.15. The lowest BCUT2D eigenvalue weighted by atomic mass is 10.0. The van der Waals surface area contributed by atoms with Gasteiger partial charge in [-0.05, 0) is 43.1 Å². The number of para-hydroxylation sites is 2. The molecule has 1 aromatic rings. The number of likely N-dealkylation sites (N-methyl/N-ethyl adjacent to an activating group) is 1. The van der Waals surface area contributed by atoms with Gasteiger partial charge in [-0.15, -0.1) is 0 Å². The number of halogens is 1. The average Bonchev–Trinajstić information content (AvgIpc) is 3.06. The summed E-state index contributed by atoms with van der Waals surface area (Å²) in [5.74, 6) is 3.37. The molecule has 2 atom stereocenters. The standard InChI is InChI=1S/C15H17N3O2.C10H12BrNO.CH4O/c1-3-6-13(10-19)9-12(2)20-11-17-14-7-4-5-8-15(14)18-16;1-12-10-4-2-3-9(11)7-8(10)5-6-13;1-2/h3-10,16-17H,1,11H2,2H3;2,4,7-8,10,12-13H,3H2,1H3;2H,1H3/b12-9+,13-6+,18-16?;;. The van der Waals surface area contributed by atoms with Gasteiger partial charge in [-0.25, -0.2) is 5.53 Å². The quantitative estimate of drug-likeness (QED) is 0.0418. The summed E-state index contributed by atoms with van der Waals surface area (Å²) in [6, 6.07) is 7.37. The first-order chi connectivity index (χ1) is 17.0. The van der Waals surface area contributed by atoms with Gasteiger partial charge in [0, 0.05) is 18.7 Å². The molecule has 0 fully saturated rings. The predicted molar refractivity (Wildman–Crippen MR) is 144 cm³/mol. The van der Waals surface area contributed by atoms with Crippen LogP contribution in [-0.4, -0.2) is 43.4 Å².